The molecule has 3 amide bonds. The molecule has 1 heterocycles. The Kier molecular flexibility index (Phi) is 12.0. The number of nitrogens with one attached hydrogen (secondary N) is 1. The first-order chi connectivity index (χ1) is 17.8. The fraction of sp³-hybridized carbons (Fsp3) is 0.645. The van der Waals surface area contributed by atoms with Crippen LogP contribution in [0.25, 0.3) is 0 Å². The van der Waals surface area contributed by atoms with Gasteiger partial charge in [0.15, 0.2) is 0 Å². The summed E-state index contributed by atoms with van der Waals surface area (Å²) in [7, 11) is 3.57. The number of nitrogens with zero attached hydrogens (tertiary/aromatic N) is 3. The molecule has 0 bridgehead atoms. The first-order valence-electron chi connectivity index (χ1n) is 14.2. The van der Waals surface area contributed by atoms with Crippen LogP contribution in [0.3, 0.4) is 0 Å². The molecule has 1 aromatic carbocycles. The number of carbonyl (C=O) groups is 3. The summed E-state index contributed by atoms with van der Waals surface area (Å²) in [5.41, 5.74) is 1.66. The molecule has 1 aromatic rings. The third kappa shape index (κ3) is 8.42. The van der Waals surface area contributed by atoms with Gasteiger partial charge in [-0.1, -0.05) is 70.5 Å². The van der Waals surface area contributed by atoms with E-state index >= 15 is 0 Å². The molecule has 7 heteroatoms. The number of benzene rings is 1. The summed E-state index contributed by atoms with van der Waals surface area (Å²) in [5, 5.41) is 3.10. The summed E-state index contributed by atoms with van der Waals surface area (Å²) in [4.78, 5) is 45.9. The number of hydrogen-bond acceptors (Lipinski definition) is 4. The van der Waals surface area contributed by atoms with Crippen molar-refractivity contribution in [2.24, 2.45) is 11.8 Å². The molecule has 3 atom stereocenters. The Bertz CT molecular complexity index is 957. The Morgan fingerprint density at radius 1 is 1.00 bits per heavy atom. The van der Waals surface area contributed by atoms with Gasteiger partial charge in [-0.3, -0.25) is 19.3 Å². The van der Waals surface area contributed by atoms with Crippen LogP contribution in [0.4, 0.5) is 0 Å². The number of piperidine rings is 1. The molecule has 2 rings (SSSR count). The van der Waals surface area contributed by atoms with E-state index in [1.165, 1.54) is 0 Å². The van der Waals surface area contributed by atoms with Gasteiger partial charge in [0.05, 0.1) is 12.1 Å². The van der Waals surface area contributed by atoms with Crippen LogP contribution >= 0.6 is 0 Å². The maximum absolute atomic E-state index is 13.8. The molecule has 0 saturated carbocycles. The molecule has 1 fully saturated rings. The summed E-state index contributed by atoms with van der Waals surface area (Å²) in [6, 6.07) is 9.04. The largest absolute Gasteiger partial charge is 0.343 e. The Morgan fingerprint density at radius 2 is 1.63 bits per heavy atom. The van der Waals surface area contributed by atoms with E-state index in [0.29, 0.717) is 12.1 Å². The summed E-state index contributed by atoms with van der Waals surface area (Å²) >= 11 is 0. The molecule has 1 aliphatic rings. The molecule has 0 radical (unpaired) electrons. The maximum Gasteiger partial charge on any atom is 0.249 e. The average Bonchev–Trinajstić information content (AvgIpc) is 2.88. The SMILES string of the molecule is C/C(=C\[C@H](C(C)C)N(C)C(=O)C(NC(=O)C1CCCCN1C(C)C)C(C)C)C(=O)N(C)Cc1ccccc1. The van der Waals surface area contributed by atoms with Crippen molar-refractivity contribution in [3.05, 3.63) is 47.5 Å². The fourth-order valence-electron chi connectivity index (χ4n) is 5.29. The van der Waals surface area contributed by atoms with Crippen LogP contribution in [-0.4, -0.2) is 77.2 Å². The van der Waals surface area contributed by atoms with Crippen LogP contribution in [-0.2, 0) is 20.9 Å². The van der Waals surface area contributed by atoms with E-state index in [1.807, 2.05) is 71.0 Å². The summed E-state index contributed by atoms with van der Waals surface area (Å²) in [5.74, 6) is -0.247. The smallest absolute Gasteiger partial charge is 0.249 e. The van der Waals surface area contributed by atoms with Gasteiger partial charge in [-0.05, 0) is 57.6 Å². The third-order valence-corrected chi connectivity index (χ3v) is 7.59. The van der Waals surface area contributed by atoms with Crippen LogP contribution in [0.1, 0.15) is 73.3 Å². The molecular formula is C31H50N4O3. The van der Waals surface area contributed by atoms with E-state index in [4.69, 9.17) is 0 Å². The number of hydrogen-bond donors (Lipinski definition) is 1. The lowest BCUT2D eigenvalue weighted by Gasteiger charge is -2.39. The zero-order valence-corrected chi connectivity index (χ0v) is 25.0. The molecule has 0 aliphatic carbocycles. The Labute approximate surface area is 230 Å². The van der Waals surface area contributed by atoms with Crippen molar-refractivity contribution < 1.29 is 14.4 Å². The van der Waals surface area contributed by atoms with E-state index in [9.17, 15) is 14.4 Å². The van der Waals surface area contributed by atoms with Crippen molar-refractivity contribution in [1.29, 1.82) is 0 Å². The molecule has 0 aromatic heterocycles. The fourth-order valence-corrected chi connectivity index (χ4v) is 5.29. The maximum atomic E-state index is 13.8. The third-order valence-electron chi connectivity index (χ3n) is 7.59. The van der Waals surface area contributed by atoms with E-state index in [1.54, 1.807) is 23.9 Å². The average molecular weight is 527 g/mol. The van der Waals surface area contributed by atoms with Crippen molar-refractivity contribution in [1.82, 2.24) is 20.0 Å². The van der Waals surface area contributed by atoms with Crippen molar-refractivity contribution in [3.8, 4) is 0 Å². The summed E-state index contributed by atoms with van der Waals surface area (Å²) in [6.45, 7) is 15.5. The highest BCUT2D eigenvalue weighted by atomic mass is 16.2. The monoisotopic (exact) mass is 526 g/mol. The van der Waals surface area contributed by atoms with Crippen molar-refractivity contribution in [3.63, 3.8) is 0 Å². The molecule has 0 spiro atoms. The quantitative estimate of drug-likeness (QED) is 0.432. The Balaban J connectivity index is 2.17. The van der Waals surface area contributed by atoms with Crippen LogP contribution < -0.4 is 5.32 Å². The second-order valence-electron chi connectivity index (χ2n) is 11.8. The summed E-state index contributed by atoms with van der Waals surface area (Å²) in [6.07, 6.45) is 4.83. The highest BCUT2D eigenvalue weighted by Crippen LogP contribution is 2.22. The van der Waals surface area contributed by atoms with E-state index in [0.717, 1.165) is 31.4 Å². The molecule has 7 nitrogen and oxygen atoms in total. The van der Waals surface area contributed by atoms with Gasteiger partial charge in [0.2, 0.25) is 17.7 Å². The molecule has 2 unspecified atom stereocenters. The van der Waals surface area contributed by atoms with Gasteiger partial charge in [-0.25, -0.2) is 0 Å². The number of likely N-dealkylation sites (N-methyl/N-ethyl adjacent to an activating group) is 2. The summed E-state index contributed by atoms with van der Waals surface area (Å²) < 4.78 is 0. The zero-order chi connectivity index (χ0) is 28.6. The highest BCUT2D eigenvalue weighted by Gasteiger charge is 2.36. The van der Waals surface area contributed by atoms with Gasteiger partial charge < -0.3 is 15.1 Å². The van der Waals surface area contributed by atoms with E-state index in [2.05, 4.69) is 24.1 Å². The lowest BCUT2D eigenvalue weighted by Crippen LogP contribution is -2.58. The van der Waals surface area contributed by atoms with Gasteiger partial charge >= 0.3 is 0 Å². The van der Waals surface area contributed by atoms with Crippen molar-refractivity contribution in [2.75, 3.05) is 20.6 Å². The molecule has 1 N–H and O–H groups in total. The molecule has 1 saturated heterocycles. The molecule has 212 valence electrons. The first-order valence-corrected chi connectivity index (χ1v) is 14.2. The van der Waals surface area contributed by atoms with Crippen LogP contribution in [0, 0.1) is 11.8 Å². The number of carbonyl (C=O) groups excluding carboxylic acids is 3. The minimum absolute atomic E-state index is 0.0654. The molecule has 1 aliphatic heterocycles. The number of likely N-dealkylation sites (tertiary alicyclic amines) is 1. The van der Waals surface area contributed by atoms with Gasteiger partial charge in [0, 0.05) is 32.3 Å². The Morgan fingerprint density at radius 3 is 2.18 bits per heavy atom. The van der Waals surface area contributed by atoms with Gasteiger partial charge in [0.25, 0.3) is 0 Å². The standard InChI is InChI=1S/C31H50N4O3/c1-21(2)27(19-24(7)30(37)33(8)20-25-15-11-10-12-16-25)34(9)31(38)28(22(3)4)32-29(36)26-17-13-14-18-35(26)23(5)6/h10-12,15-16,19,21-23,26-28H,13-14,17-18,20H2,1-9H3,(H,32,36)/b24-19+/t26?,27-,28?/m1/s1. The van der Waals surface area contributed by atoms with E-state index in [-0.39, 0.29) is 47.7 Å². The van der Waals surface area contributed by atoms with Crippen LogP contribution in [0.5, 0.6) is 0 Å². The topological polar surface area (TPSA) is 73.0 Å². The predicted molar refractivity (Wildman–Crippen MR) is 154 cm³/mol. The highest BCUT2D eigenvalue weighted by molar-refractivity contribution is 5.93. The second kappa shape index (κ2) is 14.5. The van der Waals surface area contributed by atoms with Gasteiger partial charge in [-0.15, -0.1) is 0 Å². The molecule has 38 heavy (non-hydrogen) atoms. The second-order valence-corrected chi connectivity index (χ2v) is 11.8. The lowest BCUT2D eigenvalue weighted by atomic mass is 9.95. The van der Waals surface area contributed by atoms with Gasteiger partial charge in [-0.2, -0.15) is 0 Å². The van der Waals surface area contributed by atoms with Crippen LogP contribution in [0.15, 0.2) is 42.0 Å². The van der Waals surface area contributed by atoms with Crippen molar-refractivity contribution >= 4 is 17.7 Å². The van der Waals surface area contributed by atoms with E-state index < -0.39 is 6.04 Å². The first kappa shape index (κ1) is 31.5. The van der Waals surface area contributed by atoms with Gasteiger partial charge in [0.1, 0.15) is 6.04 Å². The number of rotatable bonds is 11. The minimum atomic E-state index is -0.630. The number of amides is 3. The van der Waals surface area contributed by atoms with Crippen LogP contribution in [0.2, 0.25) is 0 Å². The molecular weight excluding hydrogens is 476 g/mol. The normalized spacial score (nSPS) is 18.4. The minimum Gasteiger partial charge on any atom is -0.343 e. The zero-order valence-electron chi connectivity index (χ0n) is 25.0. The lowest BCUT2D eigenvalue weighted by molar-refractivity contribution is -0.140. The predicted octanol–water partition coefficient (Wildman–Crippen LogP) is 4.48. The Hall–Kier alpha value is -2.67. The van der Waals surface area contributed by atoms with Crippen molar-refractivity contribution in [2.45, 2.75) is 98.4 Å².